The second kappa shape index (κ2) is 1.88. The molecular weight excluding hydrogens is 128 g/mol. The summed E-state index contributed by atoms with van der Waals surface area (Å²) in [5.74, 6) is 0. The molecule has 3 heteroatoms. The van der Waals surface area contributed by atoms with Crippen molar-refractivity contribution in [1.82, 2.24) is 0 Å². The summed E-state index contributed by atoms with van der Waals surface area (Å²) in [6.07, 6.45) is -0.152. The van der Waals surface area contributed by atoms with Crippen molar-refractivity contribution < 1.29 is 5.11 Å². The van der Waals surface area contributed by atoms with Crippen LogP contribution < -0.4 is 10.7 Å². The predicted octanol–water partition coefficient (Wildman–Crippen LogP) is -0.241. The summed E-state index contributed by atoms with van der Waals surface area (Å²) in [6.45, 7) is 0. The average Bonchev–Trinajstić information content (AvgIpc) is 2.27. The number of fused-ring (bicyclic) bond motifs is 1. The van der Waals surface area contributed by atoms with Crippen molar-refractivity contribution in [1.29, 1.82) is 0 Å². The molecule has 0 fully saturated rings. The average molecular weight is 133 g/mol. The molecule has 10 heavy (non-hydrogen) atoms. The van der Waals surface area contributed by atoms with Gasteiger partial charge in [-0.25, -0.2) is 9.98 Å². The first-order valence-corrected chi connectivity index (χ1v) is 2.95. The van der Waals surface area contributed by atoms with Gasteiger partial charge >= 0.3 is 6.35 Å². The van der Waals surface area contributed by atoms with Crippen LogP contribution in [0.3, 0.4) is 0 Å². The summed E-state index contributed by atoms with van der Waals surface area (Å²) >= 11 is 0. The van der Waals surface area contributed by atoms with Crippen molar-refractivity contribution in [3.8, 4) is 0 Å². The minimum Gasteiger partial charge on any atom is -0.346 e. The molecule has 1 aromatic carbocycles. The van der Waals surface area contributed by atoms with Gasteiger partial charge in [0.05, 0.1) is 10.7 Å². The number of aliphatic hydroxyl groups is 1. The summed E-state index contributed by atoms with van der Waals surface area (Å²) in [5, 5.41) is 10.3. The van der Waals surface area contributed by atoms with Crippen LogP contribution in [0.25, 0.3) is 0 Å². The Hall–Kier alpha value is -1.22. The minimum atomic E-state index is -0.152. The van der Waals surface area contributed by atoms with E-state index in [4.69, 9.17) is 5.11 Å². The quantitative estimate of drug-likeness (QED) is 0.521. The molecule has 0 aromatic heterocycles. The van der Waals surface area contributed by atoms with E-state index in [1.807, 2.05) is 24.3 Å². The molecule has 0 saturated carbocycles. The second-order valence-electron chi connectivity index (χ2n) is 2.01. The van der Waals surface area contributed by atoms with E-state index in [2.05, 4.69) is 9.98 Å². The van der Waals surface area contributed by atoms with Crippen LogP contribution in [-0.2, 0) is 0 Å². The fourth-order valence-electron chi connectivity index (χ4n) is 0.894. The molecule has 0 bridgehead atoms. The van der Waals surface area contributed by atoms with Gasteiger partial charge in [0, 0.05) is 0 Å². The van der Waals surface area contributed by atoms with E-state index in [-0.39, 0.29) is 6.35 Å². The van der Waals surface area contributed by atoms with E-state index in [9.17, 15) is 0 Å². The van der Waals surface area contributed by atoms with Crippen molar-refractivity contribution >= 4 is 0 Å². The standard InChI is InChI=1S/C7H5N2O/c10-7-8-5-3-1-2-4-6(5)9-7/h1-4,10H. The highest BCUT2D eigenvalue weighted by Gasteiger charge is 2.04. The third-order valence-corrected chi connectivity index (χ3v) is 1.32. The van der Waals surface area contributed by atoms with Crippen LogP contribution in [0.15, 0.2) is 34.3 Å². The lowest BCUT2D eigenvalue weighted by atomic mass is 10.3. The van der Waals surface area contributed by atoms with Crippen LogP contribution in [0.1, 0.15) is 0 Å². The molecule has 0 aliphatic carbocycles. The van der Waals surface area contributed by atoms with Gasteiger partial charge in [0.1, 0.15) is 0 Å². The number of rotatable bonds is 0. The monoisotopic (exact) mass is 133 g/mol. The van der Waals surface area contributed by atoms with Crippen LogP contribution in [0.5, 0.6) is 0 Å². The highest BCUT2D eigenvalue weighted by molar-refractivity contribution is 5.05. The first-order valence-electron chi connectivity index (χ1n) is 2.95. The highest BCUT2D eigenvalue weighted by Crippen LogP contribution is 1.96. The summed E-state index contributed by atoms with van der Waals surface area (Å²) < 4.78 is 0. The Morgan fingerprint density at radius 3 is 2.00 bits per heavy atom. The van der Waals surface area contributed by atoms with Crippen LogP contribution in [0.2, 0.25) is 0 Å². The third kappa shape index (κ3) is 0.717. The molecule has 49 valence electrons. The topological polar surface area (TPSA) is 45.0 Å². The first-order chi connectivity index (χ1) is 4.86. The molecular formula is C7H5N2O. The van der Waals surface area contributed by atoms with Gasteiger partial charge in [0.2, 0.25) is 0 Å². The second-order valence-corrected chi connectivity index (χ2v) is 2.01. The zero-order valence-corrected chi connectivity index (χ0v) is 5.15. The molecule has 0 amide bonds. The van der Waals surface area contributed by atoms with Gasteiger partial charge in [-0.2, -0.15) is 0 Å². The first kappa shape index (κ1) is 5.56. The zero-order chi connectivity index (χ0) is 6.97. The number of nitrogens with zero attached hydrogens (tertiary/aromatic N) is 2. The van der Waals surface area contributed by atoms with Crippen molar-refractivity contribution in [3.05, 3.63) is 41.3 Å². The van der Waals surface area contributed by atoms with Crippen molar-refractivity contribution in [2.75, 3.05) is 0 Å². The van der Waals surface area contributed by atoms with E-state index in [1.165, 1.54) is 0 Å². The van der Waals surface area contributed by atoms with Crippen LogP contribution >= 0.6 is 0 Å². The van der Waals surface area contributed by atoms with Crippen molar-refractivity contribution in [3.63, 3.8) is 0 Å². The highest BCUT2D eigenvalue weighted by atomic mass is 16.3. The molecule has 1 radical (unpaired) electrons. The molecule has 0 atom stereocenters. The van der Waals surface area contributed by atoms with E-state index in [1.54, 1.807) is 0 Å². The largest absolute Gasteiger partial charge is 0.346 e. The fourth-order valence-corrected chi connectivity index (χ4v) is 0.894. The Morgan fingerprint density at radius 1 is 1.00 bits per heavy atom. The number of hydrogen-bond donors (Lipinski definition) is 1. The van der Waals surface area contributed by atoms with Gasteiger partial charge in [-0.3, -0.25) is 0 Å². The minimum absolute atomic E-state index is 0.152. The Morgan fingerprint density at radius 2 is 1.50 bits per heavy atom. The molecule has 1 aliphatic rings. The van der Waals surface area contributed by atoms with Gasteiger partial charge in [0.25, 0.3) is 0 Å². The molecule has 0 spiro atoms. The number of para-hydroxylation sites is 2. The molecule has 1 heterocycles. The molecule has 1 aromatic rings. The summed E-state index contributed by atoms with van der Waals surface area (Å²) in [6, 6.07) is 7.33. The molecule has 0 saturated heterocycles. The Bertz CT molecular complexity index is 323. The normalized spacial score (nSPS) is 15.7. The number of hydrogen-bond acceptors (Lipinski definition) is 3. The van der Waals surface area contributed by atoms with Gasteiger partial charge < -0.3 is 5.11 Å². The van der Waals surface area contributed by atoms with Gasteiger partial charge in [0.15, 0.2) is 0 Å². The lowest BCUT2D eigenvalue weighted by Gasteiger charge is -1.81. The Kier molecular flexibility index (Phi) is 1.05. The third-order valence-electron chi connectivity index (χ3n) is 1.32. The smallest absolute Gasteiger partial charge is 0.330 e. The molecule has 0 unspecified atom stereocenters. The van der Waals surface area contributed by atoms with E-state index in [0.29, 0.717) is 0 Å². The molecule has 1 N–H and O–H groups in total. The maximum absolute atomic E-state index is 8.83. The zero-order valence-electron chi connectivity index (χ0n) is 5.15. The molecule has 1 aliphatic heterocycles. The maximum Gasteiger partial charge on any atom is 0.330 e. The van der Waals surface area contributed by atoms with E-state index in [0.717, 1.165) is 10.7 Å². The van der Waals surface area contributed by atoms with Crippen molar-refractivity contribution in [2.45, 2.75) is 0 Å². The SMILES string of the molecule is O[C]1N=c2ccccc2=N1. The fraction of sp³-hybridized carbons (Fsp3) is 0. The Labute approximate surface area is 57.4 Å². The molecule has 3 nitrogen and oxygen atoms in total. The van der Waals surface area contributed by atoms with Crippen LogP contribution in [-0.4, -0.2) is 5.11 Å². The lowest BCUT2D eigenvalue weighted by Crippen LogP contribution is -2.19. The molecule has 2 rings (SSSR count). The number of aliphatic hydroxyl groups excluding tert-OH is 1. The maximum atomic E-state index is 8.83. The predicted molar refractivity (Wildman–Crippen MR) is 33.9 cm³/mol. The van der Waals surface area contributed by atoms with E-state index < -0.39 is 0 Å². The van der Waals surface area contributed by atoms with Crippen LogP contribution in [0.4, 0.5) is 0 Å². The van der Waals surface area contributed by atoms with Crippen molar-refractivity contribution in [2.24, 2.45) is 9.98 Å². The summed E-state index contributed by atoms with van der Waals surface area (Å²) in [5.41, 5.74) is 0. The van der Waals surface area contributed by atoms with Gasteiger partial charge in [-0.1, -0.05) is 12.1 Å². The lowest BCUT2D eigenvalue weighted by molar-refractivity contribution is 0.305. The van der Waals surface area contributed by atoms with Gasteiger partial charge in [-0.15, -0.1) is 0 Å². The van der Waals surface area contributed by atoms with Gasteiger partial charge in [-0.05, 0) is 12.1 Å². The number of benzene rings is 1. The van der Waals surface area contributed by atoms with Crippen LogP contribution in [0, 0.1) is 6.35 Å². The van der Waals surface area contributed by atoms with E-state index >= 15 is 0 Å². The summed E-state index contributed by atoms with van der Waals surface area (Å²) in [7, 11) is 0. The summed E-state index contributed by atoms with van der Waals surface area (Å²) in [4.78, 5) is 7.52. The Balaban J connectivity index is 2.83.